The van der Waals surface area contributed by atoms with Crippen molar-refractivity contribution in [2.45, 2.75) is 13.3 Å². The minimum atomic E-state index is 0.855. The van der Waals surface area contributed by atoms with Crippen LogP contribution in [0.4, 0.5) is 0 Å². The smallest absolute Gasteiger partial charge is 0.118 e. The fourth-order valence-corrected chi connectivity index (χ4v) is 2.74. The predicted octanol–water partition coefficient (Wildman–Crippen LogP) is 6.50. The van der Waals surface area contributed by atoms with Crippen molar-refractivity contribution < 1.29 is 4.74 Å². The number of methoxy groups -OCH3 is 1. The van der Waals surface area contributed by atoms with Crippen LogP contribution in [0.25, 0.3) is 11.6 Å². The summed E-state index contributed by atoms with van der Waals surface area (Å²) in [5.41, 5.74) is 9.37. The van der Waals surface area contributed by atoms with Crippen molar-refractivity contribution in [1.82, 2.24) is 0 Å². The summed E-state index contributed by atoms with van der Waals surface area (Å²) in [6.07, 6.45) is 7.19. The van der Waals surface area contributed by atoms with Crippen molar-refractivity contribution in [3.05, 3.63) is 119 Å². The van der Waals surface area contributed by atoms with E-state index in [-0.39, 0.29) is 0 Å². The second-order valence-electron chi connectivity index (χ2n) is 6.42. The number of benzene rings is 3. The number of aryl methyl sites for hydroxylation is 1. The van der Waals surface area contributed by atoms with Crippen LogP contribution in [0, 0.1) is 6.92 Å². The normalized spacial score (nSPS) is 10.4. The Kier molecular flexibility index (Phi) is 6.46. The van der Waals surface area contributed by atoms with Gasteiger partial charge in [0.15, 0.2) is 0 Å². The van der Waals surface area contributed by atoms with E-state index >= 15 is 0 Å². The molecule has 0 amide bonds. The Labute approximate surface area is 162 Å². The van der Waals surface area contributed by atoms with Crippen LogP contribution in [0.1, 0.15) is 22.3 Å². The van der Waals surface area contributed by atoms with Gasteiger partial charge in [0, 0.05) is 5.57 Å². The summed E-state index contributed by atoms with van der Waals surface area (Å²) in [6.45, 7) is 2.11. The first kappa shape index (κ1) is 18.5. The number of hydrogen-bond donors (Lipinski definition) is 0. The van der Waals surface area contributed by atoms with Gasteiger partial charge in [-0.15, -0.1) is 5.73 Å². The van der Waals surface area contributed by atoms with E-state index in [4.69, 9.17) is 4.74 Å². The van der Waals surface area contributed by atoms with Crippen molar-refractivity contribution in [3.63, 3.8) is 0 Å². The monoisotopic (exact) mass is 352 g/mol. The number of allylic oxidation sites excluding steroid dienone is 2. The van der Waals surface area contributed by atoms with Crippen LogP contribution in [-0.4, -0.2) is 7.11 Å². The van der Waals surface area contributed by atoms with Gasteiger partial charge in [0.05, 0.1) is 7.11 Å². The maximum absolute atomic E-state index is 5.27. The summed E-state index contributed by atoms with van der Waals surface area (Å²) >= 11 is 0. The summed E-state index contributed by atoms with van der Waals surface area (Å²) in [4.78, 5) is 0. The Bertz CT molecular complexity index is 939. The van der Waals surface area contributed by atoms with Gasteiger partial charge in [-0.1, -0.05) is 78.4 Å². The van der Waals surface area contributed by atoms with Crippen LogP contribution >= 0.6 is 0 Å². The lowest BCUT2D eigenvalue weighted by atomic mass is 10.0. The number of hydrogen-bond acceptors (Lipinski definition) is 1. The molecular formula is C26H24O. The minimum absolute atomic E-state index is 0.855. The van der Waals surface area contributed by atoms with Crippen molar-refractivity contribution in [1.29, 1.82) is 0 Å². The molecule has 0 heterocycles. The highest BCUT2D eigenvalue weighted by Crippen LogP contribution is 2.20. The summed E-state index contributed by atoms with van der Waals surface area (Å²) < 4.78 is 5.27. The third kappa shape index (κ3) is 5.60. The van der Waals surface area contributed by atoms with Gasteiger partial charge < -0.3 is 4.74 Å². The first-order valence-electron chi connectivity index (χ1n) is 9.13. The van der Waals surface area contributed by atoms with Crippen molar-refractivity contribution in [3.8, 4) is 5.75 Å². The molecule has 3 aromatic carbocycles. The number of ether oxygens (including phenoxy) is 1. The highest BCUT2D eigenvalue weighted by atomic mass is 16.5. The molecule has 0 bridgehead atoms. The lowest BCUT2D eigenvalue weighted by molar-refractivity contribution is 0.415. The largest absolute Gasteiger partial charge is 0.497 e. The van der Waals surface area contributed by atoms with Crippen LogP contribution in [0.2, 0.25) is 0 Å². The topological polar surface area (TPSA) is 9.23 Å². The van der Waals surface area contributed by atoms with E-state index in [1.165, 1.54) is 16.7 Å². The van der Waals surface area contributed by atoms with E-state index in [2.05, 4.69) is 79.4 Å². The van der Waals surface area contributed by atoms with Gasteiger partial charge in [0.2, 0.25) is 0 Å². The lowest BCUT2D eigenvalue weighted by Gasteiger charge is -2.03. The first-order chi connectivity index (χ1) is 13.2. The van der Waals surface area contributed by atoms with Crippen LogP contribution in [-0.2, 0) is 6.42 Å². The first-order valence-corrected chi connectivity index (χ1v) is 9.13. The zero-order valence-corrected chi connectivity index (χ0v) is 15.9. The Morgan fingerprint density at radius 3 is 2.26 bits per heavy atom. The molecule has 0 aliphatic rings. The molecule has 27 heavy (non-hydrogen) atoms. The molecule has 0 aromatic heterocycles. The highest BCUT2D eigenvalue weighted by Gasteiger charge is 1.99. The van der Waals surface area contributed by atoms with Crippen molar-refractivity contribution in [2.24, 2.45) is 0 Å². The van der Waals surface area contributed by atoms with Gasteiger partial charge in [-0.05, 0) is 54.3 Å². The minimum Gasteiger partial charge on any atom is -0.497 e. The summed E-state index contributed by atoms with van der Waals surface area (Å²) in [7, 11) is 1.68. The van der Waals surface area contributed by atoms with E-state index in [1.807, 2.05) is 30.3 Å². The molecule has 0 spiro atoms. The Hall–Kier alpha value is -3.28. The van der Waals surface area contributed by atoms with Gasteiger partial charge in [-0.25, -0.2) is 0 Å². The SMILES string of the molecule is COc1ccc(C(=C=CCc2ccc(C)cc2)/C=C/c2ccccc2)cc1. The Balaban J connectivity index is 1.88. The second-order valence-corrected chi connectivity index (χ2v) is 6.42. The van der Waals surface area contributed by atoms with Gasteiger partial charge in [0.1, 0.15) is 5.75 Å². The fourth-order valence-electron chi connectivity index (χ4n) is 2.74. The molecule has 1 heteroatoms. The average molecular weight is 352 g/mol. The molecule has 3 rings (SSSR count). The second kappa shape index (κ2) is 9.43. The average Bonchev–Trinajstić information content (AvgIpc) is 2.73. The van der Waals surface area contributed by atoms with E-state index < -0.39 is 0 Å². The molecular weight excluding hydrogens is 328 g/mol. The summed E-state index contributed by atoms with van der Waals surface area (Å²) in [5.74, 6) is 0.855. The lowest BCUT2D eigenvalue weighted by Crippen LogP contribution is -1.85. The summed E-state index contributed by atoms with van der Waals surface area (Å²) in [5, 5.41) is 0. The molecule has 0 saturated carbocycles. The zero-order chi connectivity index (χ0) is 18.9. The predicted molar refractivity (Wildman–Crippen MR) is 115 cm³/mol. The third-order valence-electron chi connectivity index (χ3n) is 4.36. The third-order valence-corrected chi connectivity index (χ3v) is 4.36. The molecule has 0 atom stereocenters. The molecule has 0 fully saturated rings. The van der Waals surface area contributed by atoms with Crippen molar-refractivity contribution in [2.75, 3.05) is 7.11 Å². The summed E-state index contributed by atoms with van der Waals surface area (Å²) in [6, 6.07) is 27.0. The number of rotatable bonds is 6. The molecule has 0 aliphatic heterocycles. The van der Waals surface area contributed by atoms with Gasteiger partial charge in [-0.3, -0.25) is 0 Å². The van der Waals surface area contributed by atoms with Gasteiger partial charge in [-0.2, -0.15) is 0 Å². The van der Waals surface area contributed by atoms with E-state index in [0.717, 1.165) is 23.3 Å². The van der Waals surface area contributed by atoms with E-state index in [9.17, 15) is 0 Å². The molecule has 1 nitrogen and oxygen atoms in total. The standard InChI is InChI=1S/C26H24O/c1-21-11-13-23(14-12-21)9-6-10-24(16-15-22-7-4-3-5-8-22)25-17-19-26(27-2)20-18-25/h3-8,11-20H,9H2,1-2H3/b16-15+. The molecule has 134 valence electrons. The highest BCUT2D eigenvalue weighted by molar-refractivity contribution is 5.78. The molecule has 0 unspecified atom stereocenters. The maximum atomic E-state index is 5.27. The molecule has 0 N–H and O–H groups in total. The van der Waals surface area contributed by atoms with E-state index in [1.54, 1.807) is 7.11 Å². The van der Waals surface area contributed by atoms with Crippen molar-refractivity contribution >= 4 is 11.6 Å². The maximum Gasteiger partial charge on any atom is 0.118 e. The van der Waals surface area contributed by atoms with Crippen LogP contribution in [0.5, 0.6) is 5.75 Å². The van der Waals surface area contributed by atoms with E-state index in [0.29, 0.717) is 0 Å². The zero-order valence-electron chi connectivity index (χ0n) is 15.9. The molecule has 3 aromatic rings. The Morgan fingerprint density at radius 2 is 1.59 bits per heavy atom. The molecule has 0 radical (unpaired) electrons. The molecule has 0 aliphatic carbocycles. The quantitative estimate of drug-likeness (QED) is 0.363. The van der Waals surface area contributed by atoms with Gasteiger partial charge in [0.25, 0.3) is 0 Å². The van der Waals surface area contributed by atoms with Crippen LogP contribution in [0.15, 0.2) is 96.7 Å². The fraction of sp³-hybridized carbons (Fsp3) is 0.115. The Morgan fingerprint density at radius 1 is 0.889 bits per heavy atom. The van der Waals surface area contributed by atoms with Crippen LogP contribution in [0.3, 0.4) is 0 Å². The molecule has 0 saturated heterocycles. The van der Waals surface area contributed by atoms with Gasteiger partial charge >= 0.3 is 0 Å². The van der Waals surface area contributed by atoms with Crippen LogP contribution < -0.4 is 4.74 Å².